The molecule has 4 saturated carbocycles. The van der Waals surface area contributed by atoms with E-state index in [1.807, 2.05) is 0 Å². The molecule has 2 bridgehead atoms. The highest BCUT2D eigenvalue weighted by atomic mass is 16.7. The van der Waals surface area contributed by atoms with Crippen LogP contribution in [-0.2, 0) is 14.3 Å². The van der Waals surface area contributed by atoms with Gasteiger partial charge in [0, 0.05) is 12.0 Å². The number of carbonyl (C=O) groups is 1. The van der Waals surface area contributed by atoms with Gasteiger partial charge in [-0.25, -0.2) is 4.79 Å². The number of hydrogen-bond acceptors (Lipinski definition) is 3. The SMILES string of the molecule is C=C1CCC2C(C)(C)CCCC2(C)C1CC=C1CC(OC2CC3CCC2(C)C3(C)C)OC1=O. The van der Waals surface area contributed by atoms with E-state index in [1.165, 1.54) is 44.1 Å². The number of fused-ring (bicyclic) bond motifs is 3. The maximum Gasteiger partial charge on any atom is 0.336 e. The molecular weight excluding hydrogens is 408 g/mol. The molecule has 7 unspecified atom stereocenters. The van der Waals surface area contributed by atoms with Crippen LogP contribution in [0.5, 0.6) is 0 Å². The highest BCUT2D eigenvalue weighted by Crippen LogP contribution is 2.66. The van der Waals surface area contributed by atoms with Crippen LogP contribution >= 0.6 is 0 Å². The van der Waals surface area contributed by atoms with E-state index >= 15 is 0 Å². The van der Waals surface area contributed by atoms with Crippen LogP contribution in [0.25, 0.3) is 0 Å². The minimum absolute atomic E-state index is 0.167. The van der Waals surface area contributed by atoms with Crippen molar-refractivity contribution in [3.8, 4) is 0 Å². The molecule has 184 valence electrons. The lowest BCUT2D eigenvalue weighted by molar-refractivity contribution is -0.188. The Morgan fingerprint density at radius 3 is 2.52 bits per heavy atom. The Morgan fingerprint density at radius 2 is 1.85 bits per heavy atom. The van der Waals surface area contributed by atoms with E-state index in [4.69, 9.17) is 9.47 Å². The molecule has 1 heterocycles. The van der Waals surface area contributed by atoms with Crippen molar-refractivity contribution in [3.05, 3.63) is 23.8 Å². The first-order valence-electron chi connectivity index (χ1n) is 13.6. The lowest BCUT2D eigenvalue weighted by Crippen LogP contribution is -2.49. The monoisotopic (exact) mass is 454 g/mol. The van der Waals surface area contributed by atoms with E-state index in [9.17, 15) is 4.79 Å². The molecule has 1 aliphatic heterocycles. The van der Waals surface area contributed by atoms with E-state index in [0.29, 0.717) is 23.2 Å². The average Bonchev–Trinajstić information content (AvgIpc) is 3.23. The number of esters is 1. The summed E-state index contributed by atoms with van der Waals surface area (Å²) in [7, 11) is 0. The van der Waals surface area contributed by atoms with Crippen LogP contribution in [0.15, 0.2) is 23.8 Å². The summed E-state index contributed by atoms with van der Waals surface area (Å²) in [6.45, 7) is 19.1. The third-order valence-corrected chi connectivity index (χ3v) is 11.8. The molecule has 3 nitrogen and oxygen atoms in total. The van der Waals surface area contributed by atoms with Crippen molar-refractivity contribution in [2.24, 2.45) is 39.4 Å². The molecule has 7 atom stereocenters. The largest absolute Gasteiger partial charge is 0.432 e. The van der Waals surface area contributed by atoms with Gasteiger partial charge in [-0.1, -0.05) is 66.2 Å². The van der Waals surface area contributed by atoms with Crippen molar-refractivity contribution in [3.63, 3.8) is 0 Å². The van der Waals surface area contributed by atoms with Crippen molar-refractivity contribution in [1.82, 2.24) is 0 Å². The van der Waals surface area contributed by atoms with Crippen LogP contribution in [0.1, 0.15) is 106 Å². The Balaban J connectivity index is 1.27. The number of hydrogen-bond donors (Lipinski definition) is 0. The van der Waals surface area contributed by atoms with Crippen LogP contribution in [0.2, 0.25) is 0 Å². The molecule has 0 radical (unpaired) electrons. The molecule has 0 aromatic rings. The standard InChI is InChI=1S/C30H46O3/c1-19-9-12-23-27(2,3)14-8-15-29(23,6)22(19)11-10-20-17-25(33-26(20)31)32-24-18-21-13-16-30(24,7)28(21,4)5/h10,21-25H,1,8-9,11-18H2,2-7H3. The third kappa shape index (κ3) is 3.50. The summed E-state index contributed by atoms with van der Waals surface area (Å²) < 4.78 is 12.2. The second kappa shape index (κ2) is 7.70. The van der Waals surface area contributed by atoms with Gasteiger partial charge in [-0.15, -0.1) is 0 Å². The molecule has 3 heteroatoms. The molecule has 0 aromatic heterocycles. The van der Waals surface area contributed by atoms with E-state index in [-0.39, 0.29) is 22.9 Å². The molecule has 0 N–H and O–H groups in total. The zero-order valence-corrected chi connectivity index (χ0v) is 22.0. The Hall–Kier alpha value is -1.09. The van der Waals surface area contributed by atoms with Gasteiger partial charge < -0.3 is 9.47 Å². The minimum Gasteiger partial charge on any atom is -0.432 e. The first-order chi connectivity index (χ1) is 15.4. The number of allylic oxidation sites excluding steroid dienone is 2. The summed E-state index contributed by atoms with van der Waals surface area (Å²) in [5, 5.41) is 0. The minimum atomic E-state index is -0.410. The van der Waals surface area contributed by atoms with Crippen LogP contribution in [0, 0.1) is 39.4 Å². The Kier molecular flexibility index (Phi) is 5.52. The lowest BCUT2D eigenvalue weighted by atomic mass is 9.47. The maximum absolute atomic E-state index is 12.8. The van der Waals surface area contributed by atoms with E-state index in [2.05, 4.69) is 54.2 Å². The predicted octanol–water partition coefficient (Wildman–Crippen LogP) is 7.61. The fourth-order valence-corrected chi connectivity index (χ4v) is 9.23. The van der Waals surface area contributed by atoms with Crippen molar-refractivity contribution in [2.45, 2.75) is 118 Å². The smallest absolute Gasteiger partial charge is 0.336 e. The fraction of sp³-hybridized carbons (Fsp3) is 0.833. The summed E-state index contributed by atoms with van der Waals surface area (Å²) in [5.74, 6) is 1.76. The van der Waals surface area contributed by atoms with Gasteiger partial charge in [0.2, 0.25) is 6.29 Å². The highest BCUT2D eigenvalue weighted by Gasteiger charge is 2.62. The van der Waals surface area contributed by atoms with Crippen LogP contribution in [0.3, 0.4) is 0 Å². The number of ether oxygens (including phenoxy) is 2. The van der Waals surface area contributed by atoms with Gasteiger partial charge in [0.25, 0.3) is 0 Å². The fourth-order valence-electron chi connectivity index (χ4n) is 9.23. The molecule has 33 heavy (non-hydrogen) atoms. The number of carbonyl (C=O) groups excluding carboxylic acids is 1. The summed E-state index contributed by atoms with van der Waals surface area (Å²) in [6.07, 6.45) is 13.4. The second-order valence-electron chi connectivity index (χ2n) is 13.9. The first-order valence-corrected chi connectivity index (χ1v) is 13.6. The lowest BCUT2D eigenvalue weighted by Gasteiger charge is -2.58. The summed E-state index contributed by atoms with van der Waals surface area (Å²) in [4.78, 5) is 12.8. The number of rotatable bonds is 4. The van der Waals surface area contributed by atoms with Gasteiger partial charge in [0.15, 0.2) is 0 Å². The van der Waals surface area contributed by atoms with Crippen molar-refractivity contribution in [1.29, 1.82) is 0 Å². The average molecular weight is 455 g/mol. The molecule has 0 spiro atoms. The first kappa shape index (κ1) is 23.6. The van der Waals surface area contributed by atoms with Gasteiger partial charge in [0.05, 0.1) is 6.10 Å². The molecule has 5 fully saturated rings. The zero-order valence-electron chi connectivity index (χ0n) is 22.0. The molecule has 4 aliphatic carbocycles. The maximum atomic E-state index is 12.8. The van der Waals surface area contributed by atoms with Crippen LogP contribution < -0.4 is 0 Å². The Bertz CT molecular complexity index is 866. The summed E-state index contributed by atoms with van der Waals surface area (Å²) >= 11 is 0. The van der Waals surface area contributed by atoms with Gasteiger partial charge in [-0.3, -0.25) is 0 Å². The van der Waals surface area contributed by atoms with Crippen molar-refractivity contribution in [2.75, 3.05) is 0 Å². The van der Waals surface area contributed by atoms with Gasteiger partial charge >= 0.3 is 5.97 Å². The molecule has 5 rings (SSSR count). The molecule has 0 aromatic carbocycles. The summed E-state index contributed by atoms with van der Waals surface area (Å²) in [5.41, 5.74) is 3.39. The van der Waals surface area contributed by atoms with Gasteiger partial charge in [-0.2, -0.15) is 0 Å². The normalized spacial score (nSPS) is 47.1. The molecule has 0 amide bonds. The highest BCUT2D eigenvalue weighted by molar-refractivity contribution is 5.90. The third-order valence-electron chi connectivity index (χ3n) is 11.8. The van der Waals surface area contributed by atoms with Crippen molar-refractivity contribution >= 4 is 5.97 Å². The Morgan fingerprint density at radius 1 is 1.09 bits per heavy atom. The number of cyclic esters (lactones) is 1. The molecule has 1 saturated heterocycles. The van der Waals surface area contributed by atoms with Gasteiger partial charge in [-0.05, 0) is 90.8 Å². The quantitative estimate of drug-likeness (QED) is 0.249. The predicted molar refractivity (Wildman–Crippen MR) is 132 cm³/mol. The van der Waals surface area contributed by atoms with Gasteiger partial charge in [0.1, 0.15) is 0 Å². The van der Waals surface area contributed by atoms with E-state index < -0.39 is 6.29 Å². The van der Waals surface area contributed by atoms with Crippen LogP contribution in [-0.4, -0.2) is 18.4 Å². The Labute approximate surface area is 201 Å². The topological polar surface area (TPSA) is 35.5 Å². The molecule has 5 aliphatic rings. The summed E-state index contributed by atoms with van der Waals surface area (Å²) in [6, 6.07) is 0. The zero-order chi connectivity index (χ0) is 23.8. The van der Waals surface area contributed by atoms with E-state index in [0.717, 1.165) is 36.7 Å². The second-order valence-corrected chi connectivity index (χ2v) is 13.9. The van der Waals surface area contributed by atoms with E-state index in [1.54, 1.807) is 0 Å². The molecular formula is C30H46O3. The van der Waals surface area contributed by atoms with Crippen molar-refractivity contribution < 1.29 is 14.3 Å². The van der Waals surface area contributed by atoms with Crippen LogP contribution in [0.4, 0.5) is 0 Å².